The van der Waals surface area contributed by atoms with Gasteiger partial charge in [0.05, 0.1) is 32.8 Å². The van der Waals surface area contributed by atoms with E-state index in [1.807, 2.05) is 12.1 Å². The molecule has 0 saturated carbocycles. The van der Waals surface area contributed by atoms with Crippen LogP contribution in [0.25, 0.3) is 0 Å². The van der Waals surface area contributed by atoms with E-state index in [1.54, 1.807) is 23.9 Å². The van der Waals surface area contributed by atoms with Crippen molar-refractivity contribution in [2.45, 2.75) is 18.4 Å². The van der Waals surface area contributed by atoms with E-state index in [1.165, 1.54) is 14.2 Å². The summed E-state index contributed by atoms with van der Waals surface area (Å²) in [6, 6.07) is 7.41. The zero-order chi connectivity index (χ0) is 23.8. The van der Waals surface area contributed by atoms with Gasteiger partial charge in [-0.25, -0.2) is 0 Å². The molecule has 34 heavy (non-hydrogen) atoms. The predicted octanol–water partition coefficient (Wildman–Crippen LogP) is 3.88. The number of aromatic hydroxyl groups is 1. The lowest BCUT2D eigenvalue weighted by Gasteiger charge is -2.39. The highest BCUT2D eigenvalue weighted by Crippen LogP contribution is 2.56. The van der Waals surface area contributed by atoms with Gasteiger partial charge >= 0.3 is 5.97 Å². The Kier molecular flexibility index (Phi) is 6.40. The molecule has 2 aliphatic heterocycles. The summed E-state index contributed by atoms with van der Waals surface area (Å²) in [7, 11) is 2.96. The lowest BCUT2D eigenvalue weighted by atomic mass is 9.66. The number of carbonyl (C=O) groups excluding carboxylic acids is 1. The van der Waals surface area contributed by atoms with Gasteiger partial charge in [-0.2, -0.15) is 11.8 Å². The topological polar surface area (TPSA) is 92.7 Å². The standard InChI is InChI=1S/C25H28O8S/c1-28-19-7-13(8-20(29-2)23(19)26)21-14-9-17-18(33-12-32-17)10-15(14)24(30-5-4-6-34-3)16-11-31-25(27)22(16)21/h7-10,16,21-22,24,26H,4-6,11-12H2,1-3H3/t16?,21-,22+,24-/m1/s1. The van der Waals surface area contributed by atoms with E-state index >= 15 is 0 Å². The van der Waals surface area contributed by atoms with Gasteiger partial charge in [0.15, 0.2) is 23.0 Å². The van der Waals surface area contributed by atoms with Crippen molar-refractivity contribution in [3.63, 3.8) is 0 Å². The number of phenols is 1. The van der Waals surface area contributed by atoms with Crippen LogP contribution in [-0.2, 0) is 14.3 Å². The fourth-order valence-corrected chi connectivity index (χ4v) is 5.64. The first-order valence-electron chi connectivity index (χ1n) is 11.2. The van der Waals surface area contributed by atoms with Crippen molar-refractivity contribution in [2.24, 2.45) is 11.8 Å². The van der Waals surface area contributed by atoms with E-state index < -0.39 is 5.92 Å². The number of fused-ring (bicyclic) bond motifs is 3. The average molecular weight is 489 g/mol. The first-order valence-corrected chi connectivity index (χ1v) is 12.6. The van der Waals surface area contributed by atoms with Crippen molar-refractivity contribution in [3.8, 4) is 28.7 Å². The van der Waals surface area contributed by atoms with Gasteiger partial charge in [-0.15, -0.1) is 0 Å². The molecule has 1 unspecified atom stereocenters. The molecule has 3 aliphatic rings. The largest absolute Gasteiger partial charge is 0.502 e. The third kappa shape index (κ3) is 3.80. The van der Waals surface area contributed by atoms with Gasteiger partial charge in [0, 0.05) is 18.4 Å². The second kappa shape index (κ2) is 9.46. The van der Waals surface area contributed by atoms with E-state index in [0.717, 1.165) is 28.9 Å². The van der Waals surface area contributed by atoms with Gasteiger partial charge in [-0.1, -0.05) is 0 Å². The lowest BCUT2D eigenvalue weighted by Crippen LogP contribution is -2.36. The molecule has 0 bridgehead atoms. The molecular formula is C25H28O8S. The van der Waals surface area contributed by atoms with Crippen LogP contribution < -0.4 is 18.9 Å². The Morgan fingerprint density at radius 1 is 1.03 bits per heavy atom. The van der Waals surface area contributed by atoms with Crippen molar-refractivity contribution < 1.29 is 38.3 Å². The van der Waals surface area contributed by atoms with Gasteiger partial charge in [-0.05, 0) is 59.4 Å². The van der Waals surface area contributed by atoms with Crippen molar-refractivity contribution in [2.75, 3.05) is 46.2 Å². The SMILES string of the molecule is COc1cc([C@@H]2c3cc4c(cc3[C@@H](OCCCSC)C3COC(=O)[C@@H]32)OCO4)cc(OC)c1O. The van der Waals surface area contributed by atoms with Gasteiger partial charge in [0.2, 0.25) is 12.5 Å². The third-order valence-corrected chi connectivity index (χ3v) is 7.47. The number of hydrogen-bond acceptors (Lipinski definition) is 9. The van der Waals surface area contributed by atoms with E-state index in [9.17, 15) is 9.90 Å². The molecule has 1 fully saturated rings. The maximum Gasteiger partial charge on any atom is 0.310 e. The highest BCUT2D eigenvalue weighted by molar-refractivity contribution is 7.98. The van der Waals surface area contributed by atoms with E-state index in [0.29, 0.717) is 18.1 Å². The first kappa shape index (κ1) is 23.0. The molecule has 2 aromatic rings. The molecule has 9 heteroatoms. The van der Waals surface area contributed by atoms with Crippen LogP contribution >= 0.6 is 11.8 Å². The first-order chi connectivity index (χ1) is 16.6. The second-order valence-electron chi connectivity index (χ2n) is 8.54. The summed E-state index contributed by atoms with van der Waals surface area (Å²) in [4.78, 5) is 13.1. The molecule has 1 N–H and O–H groups in total. The monoisotopic (exact) mass is 488 g/mol. The van der Waals surface area contributed by atoms with Crippen molar-refractivity contribution >= 4 is 17.7 Å². The van der Waals surface area contributed by atoms with Gasteiger partial charge in [0.1, 0.15) is 0 Å². The van der Waals surface area contributed by atoms with Gasteiger partial charge in [-0.3, -0.25) is 4.79 Å². The quantitative estimate of drug-likeness (QED) is 0.439. The summed E-state index contributed by atoms with van der Waals surface area (Å²) in [6.07, 6.45) is 2.68. The Morgan fingerprint density at radius 3 is 2.35 bits per heavy atom. The molecule has 0 spiro atoms. The Morgan fingerprint density at radius 2 is 1.71 bits per heavy atom. The number of cyclic esters (lactones) is 1. The van der Waals surface area contributed by atoms with Crippen LogP contribution in [0.1, 0.15) is 35.1 Å². The molecule has 0 amide bonds. The van der Waals surface area contributed by atoms with E-state index in [2.05, 4.69) is 6.26 Å². The van der Waals surface area contributed by atoms with Crippen LogP contribution in [0.15, 0.2) is 24.3 Å². The average Bonchev–Trinajstić information content (AvgIpc) is 3.46. The van der Waals surface area contributed by atoms with Gasteiger partial charge in [0.25, 0.3) is 0 Å². The minimum absolute atomic E-state index is 0.0870. The van der Waals surface area contributed by atoms with E-state index in [4.69, 9.17) is 28.4 Å². The fraction of sp³-hybridized carbons (Fsp3) is 0.480. The molecule has 2 heterocycles. The number of hydrogen-bond donors (Lipinski definition) is 1. The molecule has 0 aromatic heterocycles. The normalized spacial score (nSPS) is 24.4. The molecule has 1 saturated heterocycles. The third-order valence-electron chi connectivity index (χ3n) is 6.77. The molecule has 5 rings (SSSR count). The Bertz CT molecular complexity index is 1060. The molecule has 182 valence electrons. The zero-order valence-corrected chi connectivity index (χ0v) is 20.2. The van der Waals surface area contributed by atoms with Crippen LogP contribution in [0.3, 0.4) is 0 Å². The van der Waals surface area contributed by atoms with Crippen LogP contribution in [-0.4, -0.2) is 57.3 Å². The number of methoxy groups -OCH3 is 2. The minimum Gasteiger partial charge on any atom is -0.502 e. The second-order valence-corrected chi connectivity index (χ2v) is 9.53. The van der Waals surface area contributed by atoms with Crippen LogP contribution in [0.4, 0.5) is 0 Å². The maximum atomic E-state index is 13.1. The predicted molar refractivity (Wildman–Crippen MR) is 125 cm³/mol. The van der Waals surface area contributed by atoms with Crippen molar-refractivity contribution in [3.05, 3.63) is 41.0 Å². The highest BCUT2D eigenvalue weighted by atomic mass is 32.2. The molecule has 1 aliphatic carbocycles. The maximum absolute atomic E-state index is 13.1. The molecule has 0 radical (unpaired) electrons. The highest BCUT2D eigenvalue weighted by Gasteiger charge is 2.53. The number of thioether (sulfide) groups is 1. The molecule has 2 aromatic carbocycles. The summed E-state index contributed by atoms with van der Waals surface area (Å²) >= 11 is 1.78. The summed E-state index contributed by atoms with van der Waals surface area (Å²) in [5, 5.41) is 10.5. The minimum atomic E-state index is -0.461. The summed E-state index contributed by atoms with van der Waals surface area (Å²) < 4.78 is 34.1. The van der Waals surface area contributed by atoms with Crippen molar-refractivity contribution in [1.82, 2.24) is 0 Å². The number of carbonyl (C=O) groups is 1. The Hall–Kier alpha value is -2.78. The smallest absolute Gasteiger partial charge is 0.310 e. The molecule has 4 atom stereocenters. The van der Waals surface area contributed by atoms with E-state index in [-0.39, 0.29) is 54.6 Å². The van der Waals surface area contributed by atoms with Crippen LogP contribution in [0.5, 0.6) is 28.7 Å². The zero-order valence-electron chi connectivity index (χ0n) is 19.4. The fourth-order valence-electron chi connectivity index (χ4n) is 5.23. The summed E-state index contributed by atoms with van der Waals surface area (Å²) in [5.74, 6) is 1.51. The number of phenolic OH excluding ortho intramolecular Hbond substituents is 1. The van der Waals surface area contributed by atoms with Gasteiger partial charge < -0.3 is 33.5 Å². The lowest BCUT2D eigenvalue weighted by molar-refractivity contribution is -0.141. The Balaban J connectivity index is 1.66. The summed E-state index contributed by atoms with van der Waals surface area (Å²) in [6.45, 7) is 1.02. The number of ether oxygens (including phenoxy) is 6. The number of esters is 1. The van der Waals surface area contributed by atoms with Crippen molar-refractivity contribution in [1.29, 1.82) is 0 Å². The molecule has 8 nitrogen and oxygen atoms in total. The number of rotatable bonds is 8. The van der Waals surface area contributed by atoms with Crippen LogP contribution in [0, 0.1) is 11.8 Å². The Labute approximate surface area is 202 Å². The molecular weight excluding hydrogens is 460 g/mol. The number of benzene rings is 2. The summed E-state index contributed by atoms with van der Waals surface area (Å²) in [5.41, 5.74) is 2.65. The van der Waals surface area contributed by atoms with Crippen LogP contribution in [0.2, 0.25) is 0 Å².